The Kier molecular flexibility index (Phi) is 3.28. The van der Waals surface area contributed by atoms with Gasteiger partial charge in [0.1, 0.15) is 10.5 Å². The highest BCUT2D eigenvalue weighted by Crippen LogP contribution is 2.38. The lowest BCUT2D eigenvalue weighted by atomic mass is 9.91. The van der Waals surface area contributed by atoms with E-state index in [4.69, 9.17) is 0 Å². The highest BCUT2D eigenvalue weighted by Gasteiger charge is 2.50. The number of nitrogens with zero attached hydrogens (tertiary/aromatic N) is 2. The summed E-state index contributed by atoms with van der Waals surface area (Å²) in [6, 6.07) is 0. The van der Waals surface area contributed by atoms with Crippen molar-refractivity contribution in [2.75, 3.05) is 6.54 Å². The Balaban J connectivity index is 1.91. The van der Waals surface area contributed by atoms with E-state index in [0.29, 0.717) is 6.54 Å². The maximum Gasteiger partial charge on any atom is 0.246 e. The van der Waals surface area contributed by atoms with Gasteiger partial charge in [-0.3, -0.25) is 9.59 Å². The number of amides is 2. The average Bonchev–Trinajstić information content (AvgIpc) is 3.00. The Morgan fingerprint density at radius 1 is 1.30 bits per heavy atom. The standard InChI is InChI=1S/C14H19N3O2S/c1-9-10(2)20-11(16-9)8-17-12(18)7-15-13(19)14(17)5-3-4-6-14/h3-8H2,1-2H3,(H,15,19). The first-order valence-corrected chi connectivity index (χ1v) is 7.86. The topological polar surface area (TPSA) is 62.3 Å². The molecule has 6 heteroatoms. The van der Waals surface area contributed by atoms with Gasteiger partial charge in [-0.25, -0.2) is 4.98 Å². The molecule has 2 aliphatic rings. The fourth-order valence-electron chi connectivity index (χ4n) is 3.22. The molecule has 20 heavy (non-hydrogen) atoms. The van der Waals surface area contributed by atoms with Gasteiger partial charge < -0.3 is 10.2 Å². The third-order valence-electron chi connectivity index (χ3n) is 4.44. The van der Waals surface area contributed by atoms with E-state index in [1.165, 1.54) is 4.88 Å². The number of nitrogens with one attached hydrogen (secondary N) is 1. The van der Waals surface area contributed by atoms with Crippen LogP contribution < -0.4 is 5.32 Å². The molecule has 1 aromatic rings. The highest BCUT2D eigenvalue weighted by atomic mass is 32.1. The van der Waals surface area contributed by atoms with Gasteiger partial charge in [-0.15, -0.1) is 11.3 Å². The molecular formula is C14H19N3O2S. The van der Waals surface area contributed by atoms with E-state index in [9.17, 15) is 9.59 Å². The minimum atomic E-state index is -0.622. The zero-order valence-corrected chi connectivity index (χ0v) is 12.7. The lowest BCUT2D eigenvalue weighted by Crippen LogP contribution is -2.65. The Morgan fingerprint density at radius 3 is 2.60 bits per heavy atom. The van der Waals surface area contributed by atoms with E-state index in [0.717, 1.165) is 36.4 Å². The van der Waals surface area contributed by atoms with Crippen molar-refractivity contribution in [3.63, 3.8) is 0 Å². The summed E-state index contributed by atoms with van der Waals surface area (Å²) < 4.78 is 0. The van der Waals surface area contributed by atoms with Crippen LogP contribution in [0.5, 0.6) is 0 Å². The van der Waals surface area contributed by atoms with E-state index in [1.807, 2.05) is 13.8 Å². The van der Waals surface area contributed by atoms with Gasteiger partial charge in [-0.1, -0.05) is 12.8 Å². The highest BCUT2D eigenvalue weighted by molar-refractivity contribution is 7.11. The molecule has 0 atom stereocenters. The summed E-state index contributed by atoms with van der Waals surface area (Å²) >= 11 is 1.62. The van der Waals surface area contributed by atoms with E-state index in [1.54, 1.807) is 16.2 Å². The predicted octanol–water partition coefficient (Wildman–Crippen LogP) is 1.53. The van der Waals surface area contributed by atoms with E-state index in [2.05, 4.69) is 10.3 Å². The number of hydrogen-bond acceptors (Lipinski definition) is 4. The fraction of sp³-hybridized carbons (Fsp3) is 0.643. The molecule has 1 N–H and O–H groups in total. The summed E-state index contributed by atoms with van der Waals surface area (Å²) in [4.78, 5) is 32.1. The quantitative estimate of drug-likeness (QED) is 0.899. The van der Waals surface area contributed by atoms with Crippen molar-refractivity contribution >= 4 is 23.2 Å². The molecule has 5 nitrogen and oxygen atoms in total. The number of hydrogen-bond donors (Lipinski definition) is 1. The van der Waals surface area contributed by atoms with Crippen LogP contribution in [-0.4, -0.2) is 33.8 Å². The molecule has 0 unspecified atom stereocenters. The van der Waals surface area contributed by atoms with Crippen molar-refractivity contribution in [1.29, 1.82) is 0 Å². The Morgan fingerprint density at radius 2 is 2.00 bits per heavy atom. The maximum absolute atomic E-state index is 12.3. The van der Waals surface area contributed by atoms with Crippen LogP contribution in [0.1, 0.15) is 41.3 Å². The second-order valence-corrected chi connectivity index (χ2v) is 6.94. The van der Waals surface area contributed by atoms with Gasteiger partial charge in [0.15, 0.2) is 0 Å². The third-order valence-corrected chi connectivity index (χ3v) is 5.50. The number of thiazole rings is 1. The zero-order valence-electron chi connectivity index (χ0n) is 11.9. The number of carbonyl (C=O) groups excluding carboxylic acids is 2. The first kappa shape index (κ1) is 13.5. The van der Waals surface area contributed by atoms with Crippen LogP contribution in [0.25, 0.3) is 0 Å². The molecule has 1 aliphatic heterocycles. The summed E-state index contributed by atoms with van der Waals surface area (Å²) in [6.45, 7) is 4.59. The normalized spacial score (nSPS) is 21.6. The van der Waals surface area contributed by atoms with Gasteiger partial charge in [0.25, 0.3) is 0 Å². The SMILES string of the molecule is Cc1nc(CN2C(=O)CNC(=O)C23CCCC3)sc1C. The van der Waals surface area contributed by atoms with Gasteiger partial charge in [0.05, 0.1) is 18.8 Å². The second-order valence-electron chi connectivity index (χ2n) is 5.65. The lowest BCUT2D eigenvalue weighted by molar-refractivity contribution is -0.154. The van der Waals surface area contributed by atoms with Crippen molar-refractivity contribution in [3.05, 3.63) is 15.6 Å². The minimum Gasteiger partial charge on any atom is -0.345 e. The minimum absolute atomic E-state index is 0.0111. The molecule has 1 saturated heterocycles. The monoisotopic (exact) mass is 293 g/mol. The zero-order chi connectivity index (χ0) is 14.3. The van der Waals surface area contributed by atoms with Gasteiger partial charge in [-0.2, -0.15) is 0 Å². The van der Waals surface area contributed by atoms with Gasteiger partial charge in [0.2, 0.25) is 11.8 Å². The Labute approximate surface area is 122 Å². The Bertz CT molecular complexity index is 541. The number of aryl methyl sites for hydroxylation is 2. The molecule has 2 amide bonds. The van der Waals surface area contributed by atoms with E-state index in [-0.39, 0.29) is 18.4 Å². The molecule has 1 aromatic heterocycles. The van der Waals surface area contributed by atoms with Crippen LogP contribution in [0.4, 0.5) is 0 Å². The second kappa shape index (κ2) is 4.84. The van der Waals surface area contributed by atoms with Crippen LogP contribution in [0.15, 0.2) is 0 Å². The molecule has 108 valence electrons. The molecule has 1 saturated carbocycles. The largest absolute Gasteiger partial charge is 0.345 e. The Hall–Kier alpha value is -1.43. The smallest absolute Gasteiger partial charge is 0.246 e. The first-order chi connectivity index (χ1) is 9.53. The van der Waals surface area contributed by atoms with Gasteiger partial charge in [-0.05, 0) is 26.7 Å². The summed E-state index contributed by atoms with van der Waals surface area (Å²) in [5.41, 5.74) is 0.391. The molecule has 2 fully saturated rings. The van der Waals surface area contributed by atoms with Crippen LogP contribution >= 0.6 is 11.3 Å². The number of carbonyl (C=O) groups is 2. The molecule has 3 rings (SSSR count). The summed E-state index contributed by atoms with van der Waals surface area (Å²) in [5.74, 6) is 0.0246. The van der Waals surface area contributed by atoms with Crippen molar-refractivity contribution in [3.8, 4) is 0 Å². The molecule has 2 heterocycles. The summed E-state index contributed by atoms with van der Waals surface area (Å²) in [6.07, 6.45) is 3.56. The molecule has 1 spiro atoms. The average molecular weight is 293 g/mol. The lowest BCUT2D eigenvalue weighted by Gasteiger charge is -2.43. The third kappa shape index (κ3) is 2.02. The van der Waals surface area contributed by atoms with Gasteiger partial charge in [0, 0.05) is 4.88 Å². The van der Waals surface area contributed by atoms with Crippen LogP contribution in [-0.2, 0) is 16.1 Å². The van der Waals surface area contributed by atoms with Crippen molar-refractivity contribution < 1.29 is 9.59 Å². The van der Waals surface area contributed by atoms with Crippen LogP contribution in [0.2, 0.25) is 0 Å². The van der Waals surface area contributed by atoms with E-state index < -0.39 is 5.54 Å². The number of piperazine rings is 1. The first-order valence-electron chi connectivity index (χ1n) is 7.04. The van der Waals surface area contributed by atoms with Crippen LogP contribution in [0.3, 0.4) is 0 Å². The molecule has 0 aromatic carbocycles. The van der Waals surface area contributed by atoms with Crippen molar-refractivity contribution in [2.24, 2.45) is 0 Å². The summed E-state index contributed by atoms with van der Waals surface area (Å²) in [7, 11) is 0. The number of rotatable bonds is 2. The maximum atomic E-state index is 12.3. The number of aromatic nitrogens is 1. The predicted molar refractivity (Wildman–Crippen MR) is 76.3 cm³/mol. The summed E-state index contributed by atoms with van der Waals surface area (Å²) in [5, 5.41) is 3.68. The molecule has 0 radical (unpaired) electrons. The van der Waals surface area contributed by atoms with Crippen molar-refractivity contribution in [1.82, 2.24) is 15.2 Å². The van der Waals surface area contributed by atoms with E-state index >= 15 is 0 Å². The fourth-order valence-corrected chi connectivity index (χ4v) is 4.14. The molecule has 0 bridgehead atoms. The van der Waals surface area contributed by atoms with Crippen molar-refractivity contribution in [2.45, 2.75) is 51.6 Å². The van der Waals surface area contributed by atoms with Gasteiger partial charge >= 0.3 is 0 Å². The molecular weight excluding hydrogens is 274 g/mol. The molecule has 1 aliphatic carbocycles. The van der Waals surface area contributed by atoms with Crippen LogP contribution in [0, 0.1) is 13.8 Å².